The standard InChI is InChI=1S/C7H13NO2.K/c9-7(10)4-6-2-1-3-8-5-6;/h6,8H,1-5H2,(H,9,10);/q;+1/p-1. The van der Waals surface area contributed by atoms with Gasteiger partial charge >= 0.3 is 51.4 Å². The van der Waals surface area contributed by atoms with E-state index in [1.165, 1.54) is 0 Å². The van der Waals surface area contributed by atoms with Crippen molar-refractivity contribution >= 4 is 5.97 Å². The zero-order chi connectivity index (χ0) is 7.40. The van der Waals surface area contributed by atoms with Gasteiger partial charge in [0, 0.05) is 5.97 Å². The van der Waals surface area contributed by atoms with E-state index in [2.05, 4.69) is 5.32 Å². The molecule has 58 valence electrons. The zero-order valence-corrected chi connectivity index (χ0v) is 10.1. The molecule has 1 atom stereocenters. The van der Waals surface area contributed by atoms with Crippen molar-refractivity contribution in [3.63, 3.8) is 0 Å². The van der Waals surface area contributed by atoms with Crippen LogP contribution in [0.5, 0.6) is 0 Å². The fourth-order valence-electron chi connectivity index (χ4n) is 1.33. The Balaban J connectivity index is 0.000001000. The van der Waals surface area contributed by atoms with Crippen molar-refractivity contribution in [2.45, 2.75) is 19.3 Å². The number of carbonyl (C=O) groups excluding carboxylic acids is 1. The van der Waals surface area contributed by atoms with Gasteiger partial charge in [0.25, 0.3) is 0 Å². The summed E-state index contributed by atoms with van der Waals surface area (Å²) >= 11 is 0. The van der Waals surface area contributed by atoms with Crippen molar-refractivity contribution in [1.29, 1.82) is 0 Å². The molecule has 0 radical (unpaired) electrons. The van der Waals surface area contributed by atoms with E-state index < -0.39 is 5.97 Å². The first-order valence-corrected chi connectivity index (χ1v) is 3.69. The Morgan fingerprint density at radius 2 is 2.36 bits per heavy atom. The van der Waals surface area contributed by atoms with Gasteiger partial charge < -0.3 is 15.2 Å². The van der Waals surface area contributed by atoms with Gasteiger partial charge in [0.2, 0.25) is 0 Å². The minimum Gasteiger partial charge on any atom is -0.550 e. The Morgan fingerprint density at radius 1 is 1.64 bits per heavy atom. The fraction of sp³-hybridized carbons (Fsp3) is 0.857. The maximum absolute atomic E-state index is 10.1. The Morgan fingerprint density at radius 3 is 2.82 bits per heavy atom. The Bertz CT molecular complexity index is 124. The van der Waals surface area contributed by atoms with Crippen molar-refractivity contribution < 1.29 is 61.3 Å². The fourth-order valence-corrected chi connectivity index (χ4v) is 1.33. The smallest absolute Gasteiger partial charge is 0.550 e. The third kappa shape index (κ3) is 5.33. The molecule has 0 bridgehead atoms. The molecular weight excluding hydrogens is 169 g/mol. The van der Waals surface area contributed by atoms with Gasteiger partial charge in [-0.3, -0.25) is 0 Å². The van der Waals surface area contributed by atoms with Crippen molar-refractivity contribution in [2.75, 3.05) is 13.1 Å². The monoisotopic (exact) mass is 181 g/mol. The number of hydrogen-bond donors (Lipinski definition) is 1. The molecule has 1 rings (SSSR count). The van der Waals surface area contributed by atoms with Crippen molar-refractivity contribution in [3.05, 3.63) is 0 Å². The Labute approximate surface area is 109 Å². The van der Waals surface area contributed by atoms with Crippen LogP contribution in [0.1, 0.15) is 19.3 Å². The van der Waals surface area contributed by atoms with Crippen molar-refractivity contribution in [1.82, 2.24) is 5.32 Å². The van der Waals surface area contributed by atoms with E-state index in [0.29, 0.717) is 5.92 Å². The molecule has 11 heavy (non-hydrogen) atoms. The summed E-state index contributed by atoms with van der Waals surface area (Å²) in [6.07, 6.45) is 2.34. The number of aliphatic carboxylic acids is 1. The average Bonchev–Trinajstić information content (AvgIpc) is 1.88. The summed E-state index contributed by atoms with van der Waals surface area (Å²) in [6, 6.07) is 0. The molecule has 0 amide bonds. The molecule has 1 unspecified atom stereocenters. The molecule has 1 aliphatic rings. The van der Waals surface area contributed by atoms with Crippen LogP contribution < -0.4 is 61.8 Å². The molecule has 0 aromatic heterocycles. The van der Waals surface area contributed by atoms with E-state index in [1.807, 2.05) is 0 Å². The van der Waals surface area contributed by atoms with Gasteiger partial charge in [-0.25, -0.2) is 0 Å². The molecule has 1 aliphatic heterocycles. The van der Waals surface area contributed by atoms with E-state index in [-0.39, 0.29) is 57.8 Å². The summed E-state index contributed by atoms with van der Waals surface area (Å²) in [6.45, 7) is 1.87. The summed E-state index contributed by atoms with van der Waals surface area (Å²) in [5.41, 5.74) is 0. The van der Waals surface area contributed by atoms with Gasteiger partial charge in [0.15, 0.2) is 0 Å². The van der Waals surface area contributed by atoms with Crippen LogP contribution in [0.3, 0.4) is 0 Å². The molecule has 1 fully saturated rings. The van der Waals surface area contributed by atoms with Crippen LogP contribution in [-0.2, 0) is 4.79 Å². The van der Waals surface area contributed by atoms with Crippen LogP contribution >= 0.6 is 0 Å². The summed E-state index contributed by atoms with van der Waals surface area (Å²) in [7, 11) is 0. The van der Waals surface area contributed by atoms with Crippen LogP contribution in [0.2, 0.25) is 0 Å². The molecule has 0 aromatic carbocycles. The molecule has 0 aliphatic carbocycles. The quantitative estimate of drug-likeness (QED) is 0.444. The first-order chi connectivity index (χ1) is 4.79. The maximum Gasteiger partial charge on any atom is 1.00 e. The second kappa shape index (κ2) is 6.57. The van der Waals surface area contributed by atoms with E-state index in [0.717, 1.165) is 25.9 Å². The number of carbonyl (C=O) groups is 1. The Kier molecular flexibility index (Phi) is 7.20. The van der Waals surface area contributed by atoms with Crippen LogP contribution in [0, 0.1) is 5.92 Å². The predicted octanol–water partition coefficient (Wildman–Crippen LogP) is -3.87. The summed E-state index contributed by atoms with van der Waals surface area (Å²) in [4.78, 5) is 10.1. The van der Waals surface area contributed by atoms with Gasteiger partial charge in [-0.1, -0.05) is 0 Å². The van der Waals surface area contributed by atoms with Crippen molar-refractivity contribution in [2.24, 2.45) is 5.92 Å². The molecular formula is C7H12KNO2. The second-order valence-electron chi connectivity index (χ2n) is 2.79. The van der Waals surface area contributed by atoms with Crippen molar-refractivity contribution in [3.8, 4) is 0 Å². The molecule has 4 heteroatoms. The molecule has 3 nitrogen and oxygen atoms in total. The van der Waals surface area contributed by atoms with Crippen LogP contribution in [0.4, 0.5) is 0 Å². The summed E-state index contributed by atoms with van der Waals surface area (Å²) in [5, 5.41) is 13.3. The SMILES string of the molecule is O=C([O-])CC1CCCNC1.[K+]. The van der Waals surface area contributed by atoms with Gasteiger partial charge in [-0.15, -0.1) is 0 Å². The van der Waals surface area contributed by atoms with E-state index >= 15 is 0 Å². The van der Waals surface area contributed by atoms with Crippen LogP contribution in [0.15, 0.2) is 0 Å². The number of rotatable bonds is 2. The summed E-state index contributed by atoms with van der Waals surface area (Å²) in [5.74, 6) is -0.618. The first kappa shape index (κ1) is 12.1. The largest absolute Gasteiger partial charge is 1.00 e. The number of nitrogens with one attached hydrogen (secondary N) is 1. The van der Waals surface area contributed by atoms with Gasteiger partial charge in [0.1, 0.15) is 0 Å². The van der Waals surface area contributed by atoms with Crippen LogP contribution in [0.25, 0.3) is 0 Å². The second-order valence-corrected chi connectivity index (χ2v) is 2.79. The minimum atomic E-state index is -0.922. The minimum absolute atomic E-state index is 0. The molecule has 0 saturated carbocycles. The third-order valence-electron chi connectivity index (χ3n) is 1.85. The van der Waals surface area contributed by atoms with Crippen LogP contribution in [-0.4, -0.2) is 19.1 Å². The molecule has 0 aromatic rings. The summed E-state index contributed by atoms with van der Waals surface area (Å²) < 4.78 is 0. The third-order valence-corrected chi connectivity index (χ3v) is 1.85. The first-order valence-electron chi connectivity index (χ1n) is 3.69. The normalized spacial score (nSPS) is 23.8. The van der Waals surface area contributed by atoms with Gasteiger partial charge in [-0.2, -0.15) is 0 Å². The molecule has 1 saturated heterocycles. The number of piperidine rings is 1. The predicted molar refractivity (Wildman–Crippen MR) is 35.2 cm³/mol. The number of carboxylic acid groups (broad SMARTS) is 1. The average molecular weight is 181 g/mol. The zero-order valence-electron chi connectivity index (χ0n) is 6.93. The van der Waals surface area contributed by atoms with E-state index in [1.54, 1.807) is 0 Å². The molecule has 0 spiro atoms. The van der Waals surface area contributed by atoms with E-state index in [4.69, 9.17) is 0 Å². The van der Waals surface area contributed by atoms with Gasteiger partial charge in [-0.05, 0) is 38.3 Å². The maximum atomic E-state index is 10.1. The Hall–Kier alpha value is 1.07. The number of carboxylic acids is 1. The topological polar surface area (TPSA) is 52.2 Å². The van der Waals surface area contributed by atoms with Gasteiger partial charge in [0.05, 0.1) is 0 Å². The molecule has 1 N–H and O–H groups in total. The number of hydrogen-bond acceptors (Lipinski definition) is 3. The molecule has 1 heterocycles. The van der Waals surface area contributed by atoms with E-state index in [9.17, 15) is 9.90 Å².